The molecule has 120 valence electrons. The molecule has 25 heavy (non-hydrogen) atoms. The van der Waals surface area contributed by atoms with Gasteiger partial charge in [0.25, 0.3) is 0 Å². The van der Waals surface area contributed by atoms with Gasteiger partial charge in [-0.05, 0) is 41.5 Å². The van der Waals surface area contributed by atoms with Crippen LogP contribution in [0.5, 0.6) is 11.5 Å². The molecule has 0 aliphatic carbocycles. The SMILES string of the molecule is N#Cc1ccc(Oc2cccc(C(O)c3ccccc3)c2)cc1C#N. The van der Waals surface area contributed by atoms with Crippen molar-refractivity contribution in [3.63, 3.8) is 0 Å². The Morgan fingerprint density at radius 2 is 1.40 bits per heavy atom. The van der Waals surface area contributed by atoms with E-state index in [1.54, 1.807) is 30.3 Å². The highest BCUT2D eigenvalue weighted by Crippen LogP contribution is 2.28. The molecule has 0 aromatic heterocycles. The summed E-state index contributed by atoms with van der Waals surface area (Å²) in [4.78, 5) is 0. The van der Waals surface area contributed by atoms with Crippen molar-refractivity contribution in [3.05, 3.63) is 95.1 Å². The third-order valence-electron chi connectivity index (χ3n) is 3.76. The summed E-state index contributed by atoms with van der Waals surface area (Å²) in [6.45, 7) is 0. The number of hydrogen-bond acceptors (Lipinski definition) is 4. The van der Waals surface area contributed by atoms with Crippen LogP contribution in [0, 0.1) is 22.7 Å². The molecule has 1 atom stereocenters. The molecule has 0 radical (unpaired) electrons. The summed E-state index contributed by atoms with van der Waals surface area (Å²) in [6, 6.07) is 25.2. The van der Waals surface area contributed by atoms with Crippen LogP contribution >= 0.6 is 0 Å². The summed E-state index contributed by atoms with van der Waals surface area (Å²) < 4.78 is 5.78. The van der Waals surface area contributed by atoms with Gasteiger partial charge in [0.15, 0.2) is 0 Å². The lowest BCUT2D eigenvalue weighted by Crippen LogP contribution is -1.99. The molecule has 0 heterocycles. The average Bonchev–Trinajstić information content (AvgIpc) is 2.68. The van der Waals surface area contributed by atoms with Gasteiger partial charge in [0.1, 0.15) is 29.7 Å². The fourth-order valence-electron chi connectivity index (χ4n) is 2.49. The molecule has 3 rings (SSSR count). The topological polar surface area (TPSA) is 77.0 Å². The minimum Gasteiger partial charge on any atom is -0.457 e. The number of ether oxygens (including phenoxy) is 1. The van der Waals surface area contributed by atoms with E-state index in [9.17, 15) is 5.11 Å². The Morgan fingerprint density at radius 3 is 2.12 bits per heavy atom. The van der Waals surface area contributed by atoms with Gasteiger partial charge in [0.2, 0.25) is 0 Å². The van der Waals surface area contributed by atoms with Crippen molar-refractivity contribution < 1.29 is 9.84 Å². The maximum absolute atomic E-state index is 10.5. The van der Waals surface area contributed by atoms with Gasteiger partial charge in [-0.1, -0.05) is 42.5 Å². The molecule has 3 aromatic rings. The Labute approximate surface area is 145 Å². The molecule has 4 heteroatoms. The fourth-order valence-corrected chi connectivity index (χ4v) is 2.49. The smallest absolute Gasteiger partial charge is 0.128 e. The van der Waals surface area contributed by atoms with Crippen molar-refractivity contribution in [2.24, 2.45) is 0 Å². The van der Waals surface area contributed by atoms with E-state index in [0.29, 0.717) is 22.6 Å². The van der Waals surface area contributed by atoms with Gasteiger partial charge in [0, 0.05) is 0 Å². The van der Waals surface area contributed by atoms with Gasteiger partial charge in [-0.3, -0.25) is 0 Å². The van der Waals surface area contributed by atoms with E-state index >= 15 is 0 Å². The monoisotopic (exact) mass is 326 g/mol. The zero-order valence-corrected chi connectivity index (χ0v) is 13.3. The average molecular weight is 326 g/mol. The van der Waals surface area contributed by atoms with E-state index in [1.165, 1.54) is 6.07 Å². The predicted octanol–water partition coefficient (Wildman–Crippen LogP) is 4.30. The van der Waals surface area contributed by atoms with E-state index in [4.69, 9.17) is 15.3 Å². The first-order chi connectivity index (χ1) is 12.2. The predicted molar refractivity (Wildman–Crippen MR) is 92.9 cm³/mol. The number of benzene rings is 3. The highest BCUT2D eigenvalue weighted by atomic mass is 16.5. The van der Waals surface area contributed by atoms with E-state index in [0.717, 1.165) is 5.56 Å². The van der Waals surface area contributed by atoms with Crippen LogP contribution in [0.15, 0.2) is 72.8 Å². The van der Waals surface area contributed by atoms with Crippen LogP contribution in [0.1, 0.15) is 28.4 Å². The number of aliphatic hydroxyl groups excluding tert-OH is 1. The van der Waals surface area contributed by atoms with Gasteiger partial charge in [-0.15, -0.1) is 0 Å². The van der Waals surface area contributed by atoms with Gasteiger partial charge in [-0.2, -0.15) is 10.5 Å². The number of nitrogens with zero attached hydrogens (tertiary/aromatic N) is 2. The standard InChI is InChI=1S/C21H14N2O2/c22-13-17-9-10-20(12-18(17)14-23)25-19-8-4-7-16(11-19)21(24)15-5-2-1-3-6-15/h1-12,21,24H. The van der Waals surface area contributed by atoms with Crippen molar-refractivity contribution >= 4 is 0 Å². The molecule has 0 aliphatic rings. The van der Waals surface area contributed by atoms with Gasteiger partial charge < -0.3 is 9.84 Å². The number of nitriles is 2. The van der Waals surface area contributed by atoms with Crippen molar-refractivity contribution in [2.45, 2.75) is 6.10 Å². The molecule has 0 saturated heterocycles. The largest absolute Gasteiger partial charge is 0.457 e. The molecule has 1 N–H and O–H groups in total. The van der Waals surface area contributed by atoms with Crippen LogP contribution in [0.2, 0.25) is 0 Å². The summed E-state index contributed by atoms with van der Waals surface area (Å²) in [6.07, 6.45) is -0.750. The molecule has 3 aromatic carbocycles. The second-order valence-corrected chi connectivity index (χ2v) is 5.42. The summed E-state index contributed by atoms with van der Waals surface area (Å²) in [5, 5.41) is 28.6. The molecule has 0 saturated carbocycles. The third kappa shape index (κ3) is 3.67. The molecule has 0 amide bonds. The highest BCUT2D eigenvalue weighted by Gasteiger charge is 2.11. The Bertz CT molecular complexity index is 969. The Kier molecular flexibility index (Phi) is 4.76. The Hall–Kier alpha value is -3.60. The van der Waals surface area contributed by atoms with Crippen LogP contribution in [0.3, 0.4) is 0 Å². The van der Waals surface area contributed by atoms with Gasteiger partial charge in [0.05, 0.1) is 11.1 Å². The molecule has 1 unspecified atom stereocenters. The van der Waals surface area contributed by atoms with Crippen LogP contribution in [0.4, 0.5) is 0 Å². The lowest BCUT2D eigenvalue weighted by molar-refractivity contribution is 0.220. The number of aliphatic hydroxyl groups is 1. The molecule has 0 spiro atoms. The minimum absolute atomic E-state index is 0.264. The molecule has 4 nitrogen and oxygen atoms in total. The Morgan fingerprint density at radius 1 is 0.720 bits per heavy atom. The van der Waals surface area contributed by atoms with Crippen LogP contribution < -0.4 is 4.74 Å². The van der Waals surface area contributed by atoms with Crippen molar-refractivity contribution in [1.82, 2.24) is 0 Å². The normalized spacial score (nSPS) is 11.2. The van der Waals surface area contributed by atoms with Gasteiger partial charge in [-0.25, -0.2) is 0 Å². The first-order valence-electron chi connectivity index (χ1n) is 7.66. The zero-order valence-electron chi connectivity index (χ0n) is 13.3. The first kappa shape index (κ1) is 16.3. The maximum atomic E-state index is 10.5. The van der Waals surface area contributed by atoms with Crippen LogP contribution in [-0.4, -0.2) is 5.11 Å². The molecule has 0 bridgehead atoms. The first-order valence-corrected chi connectivity index (χ1v) is 7.66. The van der Waals surface area contributed by atoms with E-state index < -0.39 is 6.10 Å². The van der Waals surface area contributed by atoms with Gasteiger partial charge >= 0.3 is 0 Å². The molecular formula is C21H14N2O2. The highest BCUT2D eigenvalue weighted by molar-refractivity contribution is 5.50. The second-order valence-electron chi connectivity index (χ2n) is 5.42. The van der Waals surface area contributed by atoms with Crippen LogP contribution in [0.25, 0.3) is 0 Å². The van der Waals surface area contributed by atoms with E-state index in [-0.39, 0.29) is 5.56 Å². The lowest BCUT2D eigenvalue weighted by atomic mass is 10.0. The molecule has 0 aliphatic heterocycles. The molecule has 0 fully saturated rings. The van der Waals surface area contributed by atoms with Crippen molar-refractivity contribution in [2.75, 3.05) is 0 Å². The summed E-state index contributed by atoms with van der Waals surface area (Å²) in [7, 11) is 0. The van der Waals surface area contributed by atoms with Crippen LogP contribution in [-0.2, 0) is 0 Å². The van der Waals surface area contributed by atoms with Crippen molar-refractivity contribution in [1.29, 1.82) is 10.5 Å². The summed E-state index contributed by atoms with van der Waals surface area (Å²) >= 11 is 0. The summed E-state index contributed by atoms with van der Waals surface area (Å²) in [5.41, 5.74) is 2.08. The Balaban J connectivity index is 1.86. The number of hydrogen-bond donors (Lipinski definition) is 1. The third-order valence-corrected chi connectivity index (χ3v) is 3.76. The van der Waals surface area contributed by atoms with Crippen molar-refractivity contribution in [3.8, 4) is 23.6 Å². The van der Waals surface area contributed by atoms with E-state index in [1.807, 2.05) is 48.5 Å². The minimum atomic E-state index is -0.750. The fraction of sp³-hybridized carbons (Fsp3) is 0.0476. The van der Waals surface area contributed by atoms with E-state index in [2.05, 4.69) is 0 Å². The second kappa shape index (κ2) is 7.31. The molecular weight excluding hydrogens is 312 g/mol. The lowest BCUT2D eigenvalue weighted by Gasteiger charge is -2.13. The zero-order chi connectivity index (χ0) is 17.6. The maximum Gasteiger partial charge on any atom is 0.128 e. The quantitative estimate of drug-likeness (QED) is 0.775. The number of rotatable bonds is 4. The summed E-state index contributed by atoms with van der Waals surface area (Å²) in [5.74, 6) is 1.00.